The van der Waals surface area contributed by atoms with Crippen LogP contribution in [0.3, 0.4) is 0 Å². The Morgan fingerprint density at radius 3 is 2.23 bits per heavy atom. The summed E-state index contributed by atoms with van der Waals surface area (Å²) in [6.07, 6.45) is 3.62. The van der Waals surface area contributed by atoms with Gasteiger partial charge in [0.15, 0.2) is 6.29 Å². The number of phosphoric ester groups is 1. The molecule has 1 N–H and O–H groups in total. The summed E-state index contributed by atoms with van der Waals surface area (Å²) >= 11 is 0. The van der Waals surface area contributed by atoms with E-state index in [0.717, 1.165) is 12.8 Å². The van der Waals surface area contributed by atoms with Gasteiger partial charge < -0.3 is 9.63 Å². The Bertz CT molecular complexity index is 503. The summed E-state index contributed by atoms with van der Waals surface area (Å²) in [6.45, 7) is 4.42. The second kappa shape index (κ2) is 9.62. The first-order valence-electron chi connectivity index (χ1n) is 7.42. The number of aldehydes is 1. The van der Waals surface area contributed by atoms with Gasteiger partial charge in [-0.2, -0.15) is 0 Å². The number of aromatic hydroxyl groups is 1. The predicted molar refractivity (Wildman–Crippen MR) is 83.4 cm³/mol. The summed E-state index contributed by atoms with van der Waals surface area (Å²) in [6, 6.07) is 4.26. The van der Waals surface area contributed by atoms with Crippen LogP contribution in [-0.2, 0) is 13.6 Å². The van der Waals surface area contributed by atoms with E-state index in [4.69, 9.17) is 13.6 Å². The van der Waals surface area contributed by atoms with E-state index in [2.05, 4.69) is 0 Å². The van der Waals surface area contributed by atoms with Crippen molar-refractivity contribution in [3.8, 4) is 11.5 Å². The summed E-state index contributed by atoms with van der Waals surface area (Å²) in [7, 11) is -3.83. The molecule has 0 spiro atoms. The van der Waals surface area contributed by atoms with Crippen LogP contribution in [0.5, 0.6) is 11.5 Å². The molecule has 1 rings (SSSR count). The first-order valence-corrected chi connectivity index (χ1v) is 8.88. The van der Waals surface area contributed by atoms with Gasteiger partial charge in [0.1, 0.15) is 11.5 Å². The van der Waals surface area contributed by atoms with Crippen molar-refractivity contribution >= 4 is 14.1 Å². The van der Waals surface area contributed by atoms with Gasteiger partial charge in [0.05, 0.1) is 18.8 Å². The standard InChI is InChI=1S/C15H23O6P/c1-3-5-10-19-22(18,20-11-6-4-2)21-15-9-7-8-14(17)13(15)12-16/h7-9,12,17H,3-6,10-11H2,1-2H3. The molecule has 0 saturated carbocycles. The number of phenols is 1. The quantitative estimate of drug-likeness (QED) is 0.369. The van der Waals surface area contributed by atoms with Gasteiger partial charge in [0.25, 0.3) is 0 Å². The maximum atomic E-state index is 12.6. The molecule has 0 bridgehead atoms. The fourth-order valence-corrected chi connectivity index (χ4v) is 2.87. The fourth-order valence-electron chi connectivity index (χ4n) is 1.58. The zero-order valence-corrected chi connectivity index (χ0v) is 13.9. The summed E-state index contributed by atoms with van der Waals surface area (Å²) in [5.41, 5.74) is -0.0825. The number of carbonyl (C=O) groups is 1. The minimum absolute atomic E-state index is 0.0219. The van der Waals surface area contributed by atoms with Crippen LogP contribution < -0.4 is 4.52 Å². The van der Waals surface area contributed by atoms with E-state index in [9.17, 15) is 14.5 Å². The topological polar surface area (TPSA) is 82.1 Å². The lowest BCUT2D eigenvalue weighted by Gasteiger charge is -2.19. The minimum Gasteiger partial charge on any atom is -0.507 e. The van der Waals surface area contributed by atoms with Gasteiger partial charge in [-0.15, -0.1) is 0 Å². The number of phenolic OH excluding ortho intramolecular Hbond substituents is 1. The molecule has 0 unspecified atom stereocenters. The highest BCUT2D eigenvalue weighted by Crippen LogP contribution is 2.51. The van der Waals surface area contributed by atoms with Crippen LogP contribution in [0.15, 0.2) is 18.2 Å². The van der Waals surface area contributed by atoms with Crippen LogP contribution in [0, 0.1) is 0 Å². The van der Waals surface area contributed by atoms with Crippen LogP contribution in [0.4, 0.5) is 0 Å². The van der Waals surface area contributed by atoms with Crippen LogP contribution in [0.25, 0.3) is 0 Å². The zero-order valence-electron chi connectivity index (χ0n) is 13.0. The molecule has 0 aromatic heterocycles. The van der Waals surface area contributed by atoms with E-state index in [1.165, 1.54) is 18.2 Å². The van der Waals surface area contributed by atoms with Crippen molar-refractivity contribution in [2.45, 2.75) is 39.5 Å². The maximum Gasteiger partial charge on any atom is 0.530 e. The van der Waals surface area contributed by atoms with Crippen molar-refractivity contribution in [2.75, 3.05) is 13.2 Å². The first-order chi connectivity index (χ1) is 10.6. The van der Waals surface area contributed by atoms with Crippen molar-refractivity contribution in [3.05, 3.63) is 23.8 Å². The van der Waals surface area contributed by atoms with Gasteiger partial charge in [-0.3, -0.25) is 13.8 Å². The second-order valence-corrected chi connectivity index (χ2v) is 6.31. The highest BCUT2D eigenvalue weighted by molar-refractivity contribution is 7.48. The fraction of sp³-hybridized carbons (Fsp3) is 0.533. The lowest BCUT2D eigenvalue weighted by atomic mass is 10.2. The lowest BCUT2D eigenvalue weighted by Crippen LogP contribution is -2.06. The molecule has 22 heavy (non-hydrogen) atoms. The molecule has 0 radical (unpaired) electrons. The molecule has 6 nitrogen and oxygen atoms in total. The molecular formula is C15H23O6P. The summed E-state index contributed by atoms with van der Waals surface area (Å²) < 4.78 is 28.5. The highest BCUT2D eigenvalue weighted by atomic mass is 31.2. The highest BCUT2D eigenvalue weighted by Gasteiger charge is 2.29. The Hall–Kier alpha value is -1.36. The Kier molecular flexibility index (Phi) is 8.17. The van der Waals surface area contributed by atoms with E-state index >= 15 is 0 Å². The van der Waals surface area contributed by atoms with Crippen LogP contribution in [0.2, 0.25) is 0 Å². The van der Waals surface area contributed by atoms with E-state index in [-0.39, 0.29) is 30.3 Å². The Morgan fingerprint density at radius 1 is 1.14 bits per heavy atom. The van der Waals surface area contributed by atoms with Crippen molar-refractivity contribution in [2.24, 2.45) is 0 Å². The summed E-state index contributed by atoms with van der Waals surface area (Å²) in [5, 5.41) is 9.63. The number of carbonyl (C=O) groups excluding carboxylic acids is 1. The molecule has 7 heteroatoms. The predicted octanol–water partition coefficient (Wildman–Crippen LogP) is 4.33. The van der Waals surface area contributed by atoms with Crippen molar-refractivity contribution < 1.29 is 28.0 Å². The van der Waals surface area contributed by atoms with Crippen molar-refractivity contribution in [1.82, 2.24) is 0 Å². The van der Waals surface area contributed by atoms with Gasteiger partial charge in [-0.05, 0) is 25.0 Å². The lowest BCUT2D eigenvalue weighted by molar-refractivity contribution is 0.111. The van der Waals surface area contributed by atoms with Gasteiger partial charge in [-0.1, -0.05) is 32.8 Å². The molecule has 0 atom stereocenters. The van der Waals surface area contributed by atoms with Crippen LogP contribution >= 0.6 is 7.82 Å². The zero-order chi connectivity index (χ0) is 16.4. The van der Waals surface area contributed by atoms with Gasteiger partial charge in [0.2, 0.25) is 0 Å². The molecular weight excluding hydrogens is 307 g/mol. The van der Waals surface area contributed by atoms with E-state index in [1.807, 2.05) is 13.8 Å². The Labute approximate surface area is 131 Å². The molecule has 0 saturated heterocycles. The Morgan fingerprint density at radius 2 is 1.73 bits per heavy atom. The molecule has 0 aliphatic heterocycles. The number of rotatable bonds is 11. The molecule has 0 aliphatic carbocycles. The molecule has 0 heterocycles. The van der Waals surface area contributed by atoms with Gasteiger partial charge in [-0.25, -0.2) is 4.57 Å². The molecule has 0 aliphatic rings. The largest absolute Gasteiger partial charge is 0.530 e. The van der Waals surface area contributed by atoms with Crippen LogP contribution in [-0.4, -0.2) is 24.6 Å². The van der Waals surface area contributed by atoms with E-state index in [1.54, 1.807) is 0 Å². The Balaban J connectivity index is 2.89. The number of unbranched alkanes of at least 4 members (excludes halogenated alkanes) is 2. The average Bonchev–Trinajstić information content (AvgIpc) is 2.48. The third kappa shape index (κ3) is 5.79. The smallest absolute Gasteiger partial charge is 0.507 e. The maximum absolute atomic E-state index is 12.6. The van der Waals surface area contributed by atoms with E-state index < -0.39 is 7.82 Å². The summed E-state index contributed by atoms with van der Waals surface area (Å²) in [5.74, 6) is -0.271. The number of hydrogen-bond acceptors (Lipinski definition) is 6. The summed E-state index contributed by atoms with van der Waals surface area (Å²) in [4.78, 5) is 11.0. The minimum atomic E-state index is -3.83. The SMILES string of the molecule is CCCCOP(=O)(OCCCC)Oc1cccc(O)c1C=O. The average molecular weight is 330 g/mol. The molecule has 0 fully saturated rings. The molecule has 124 valence electrons. The molecule has 0 amide bonds. The number of hydrogen-bond donors (Lipinski definition) is 1. The van der Waals surface area contributed by atoms with E-state index in [0.29, 0.717) is 19.1 Å². The third-order valence-electron chi connectivity index (χ3n) is 2.87. The van der Waals surface area contributed by atoms with Gasteiger partial charge in [0, 0.05) is 0 Å². The van der Waals surface area contributed by atoms with Crippen molar-refractivity contribution in [1.29, 1.82) is 0 Å². The molecule has 1 aromatic rings. The number of benzene rings is 1. The van der Waals surface area contributed by atoms with Crippen LogP contribution in [0.1, 0.15) is 49.9 Å². The molecule has 1 aromatic carbocycles. The van der Waals surface area contributed by atoms with Crippen molar-refractivity contribution in [3.63, 3.8) is 0 Å². The number of phosphoric acid groups is 1. The normalized spacial score (nSPS) is 11.4. The second-order valence-electron chi connectivity index (χ2n) is 4.72. The van der Waals surface area contributed by atoms with Gasteiger partial charge >= 0.3 is 7.82 Å². The monoisotopic (exact) mass is 330 g/mol. The first kappa shape index (κ1) is 18.7. The third-order valence-corrected chi connectivity index (χ3v) is 4.28.